The van der Waals surface area contributed by atoms with Gasteiger partial charge in [-0.2, -0.15) is 15.3 Å². The van der Waals surface area contributed by atoms with Crippen molar-refractivity contribution >= 4 is 34.4 Å². The Labute approximate surface area is 208 Å². The number of anilines is 1. The largest absolute Gasteiger partial charge is 0.462 e. The molecule has 5 rings (SSSR count). The minimum Gasteiger partial charge on any atom is -0.462 e. The number of hydrogen-bond donors (Lipinski definition) is 3. The number of H-pyrrole nitrogens is 1. The SMILES string of the molecule is N#Cc1cccc(Cl)c1-c1nc(O[C@@H](CN2CC(O)C2)C(=O)Nc2ccc(F)cn2)c2cn[nH]c2n1. The number of likely N-dealkylation sites (tertiary alicyclic amines) is 1. The molecule has 0 radical (unpaired) electrons. The molecule has 0 aliphatic carbocycles. The fraction of sp³-hybridized carbons (Fsp3) is 0.217. The molecule has 1 amide bonds. The Morgan fingerprint density at radius 2 is 2.17 bits per heavy atom. The van der Waals surface area contributed by atoms with Crippen molar-refractivity contribution < 1.29 is 19.0 Å². The molecule has 1 aliphatic heterocycles. The number of carbonyl (C=O) groups excluding carboxylic acids is 1. The number of β-amino-alcohol motifs (C(OH)–C–C–N with tert-alkyl or cyclic N) is 1. The Morgan fingerprint density at radius 3 is 2.89 bits per heavy atom. The van der Waals surface area contributed by atoms with Gasteiger partial charge in [0.05, 0.1) is 40.7 Å². The van der Waals surface area contributed by atoms with Gasteiger partial charge in [-0.1, -0.05) is 17.7 Å². The van der Waals surface area contributed by atoms with E-state index in [0.29, 0.717) is 29.7 Å². The number of aromatic amines is 1. The van der Waals surface area contributed by atoms with E-state index in [0.717, 1.165) is 6.20 Å². The lowest BCUT2D eigenvalue weighted by atomic mass is 10.1. The number of benzene rings is 1. The molecule has 3 N–H and O–H groups in total. The highest BCUT2D eigenvalue weighted by Gasteiger charge is 2.32. The van der Waals surface area contributed by atoms with Crippen molar-refractivity contribution in [2.24, 2.45) is 0 Å². The van der Waals surface area contributed by atoms with E-state index in [1.807, 2.05) is 4.90 Å². The molecule has 1 aromatic carbocycles. The number of pyridine rings is 1. The zero-order valence-corrected chi connectivity index (χ0v) is 19.3. The summed E-state index contributed by atoms with van der Waals surface area (Å²) in [6.45, 7) is 0.894. The van der Waals surface area contributed by atoms with Crippen LogP contribution >= 0.6 is 11.6 Å². The smallest absolute Gasteiger partial charge is 0.268 e. The molecule has 11 nitrogen and oxygen atoms in total. The lowest BCUT2D eigenvalue weighted by Crippen LogP contribution is -2.55. The molecule has 1 aliphatic rings. The number of rotatable bonds is 7. The van der Waals surface area contributed by atoms with Crippen molar-refractivity contribution in [1.29, 1.82) is 5.26 Å². The van der Waals surface area contributed by atoms with Crippen LogP contribution in [0.2, 0.25) is 5.02 Å². The van der Waals surface area contributed by atoms with Gasteiger partial charge in [0.15, 0.2) is 17.6 Å². The summed E-state index contributed by atoms with van der Waals surface area (Å²) >= 11 is 6.36. The van der Waals surface area contributed by atoms with E-state index in [1.165, 1.54) is 18.3 Å². The van der Waals surface area contributed by atoms with Crippen LogP contribution in [-0.4, -0.2) is 72.9 Å². The average molecular weight is 509 g/mol. The number of nitrogens with zero attached hydrogens (tertiary/aromatic N) is 6. The summed E-state index contributed by atoms with van der Waals surface area (Å²) in [6.07, 6.45) is 0.866. The maximum Gasteiger partial charge on any atom is 0.268 e. The van der Waals surface area contributed by atoms with E-state index in [-0.39, 0.29) is 34.7 Å². The second-order valence-electron chi connectivity index (χ2n) is 8.09. The van der Waals surface area contributed by atoms with Crippen molar-refractivity contribution in [3.8, 4) is 23.3 Å². The normalized spacial score (nSPS) is 14.7. The van der Waals surface area contributed by atoms with E-state index < -0.39 is 23.9 Å². The highest BCUT2D eigenvalue weighted by Crippen LogP contribution is 2.32. The van der Waals surface area contributed by atoms with E-state index in [4.69, 9.17) is 16.3 Å². The van der Waals surface area contributed by atoms with Crippen molar-refractivity contribution in [2.75, 3.05) is 25.0 Å². The lowest BCUT2D eigenvalue weighted by molar-refractivity contribution is -0.125. The van der Waals surface area contributed by atoms with Crippen LogP contribution in [0, 0.1) is 17.1 Å². The molecule has 1 fully saturated rings. The Kier molecular flexibility index (Phi) is 6.43. The number of fused-ring (bicyclic) bond motifs is 1. The van der Waals surface area contributed by atoms with E-state index in [1.54, 1.807) is 18.2 Å². The summed E-state index contributed by atoms with van der Waals surface area (Å²) in [7, 11) is 0. The third-order valence-electron chi connectivity index (χ3n) is 5.52. The monoisotopic (exact) mass is 508 g/mol. The number of nitrogens with one attached hydrogen (secondary N) is 2. The van der Waals surface area contributed by atoms with Crippen molar-refractivity contribution in [2.45, 2.75) is 12.2 Å². The summed E-state index contributed by atoms with van der Waals surface area (Å²) in [5.74, 6) is -0.793. The fourth-order valence-corrected chi connectivity index (χ4v) is 4.00. The third-order valence-corrected chi connectivity index (χ3v) is 5.83. The average Bonchev–Trinajstić information content (AvgIpc) is 3.32. The molecule has 4 aromatic rings. The molecule has 0 unspecified atom stereocenters. The van der Waals surface area contributed by atoms with Gasteiger partial charge in [0, 0.05) is 19.6 Å². The molecule has 182 valence electrons. The highest BCUT2D eigenvalue weighted by atomic mass is 35.5. The number of aliphatic hydroxyl groups excluding tert-OH is 1. The van der Waals surface area contributed by atoms with Crippen LogP contribution in [0.1, 0.15) is 5.56 Å². The van der Waals surface area contributed by atoms with E-state index in [2.05, 4.69) is 36.5 Å². The number of amides is 1. The topological polar surface area (TPSA) is 153 Å². The standard InChI is InChI=1S/C23H18ClFN8O3/c24-16-3-1-2-12(6-26)19(16)21-30-20-15(8-28-32-20)23(31-21)36-17(11-33-9-14(34)10-33)22(35)29-18-5-4-13(25)7-27-18/h1-5,7-8,14,17,34H,9-11H2,(H,27,29,35)(H,28,30,31,32)/t17-/m0/s1. The minimum absolute atomic E-state index is 0.0425. The van der Waals surface area contributed by atoms with E-state index in [9.17, 15) is 19.6 Å². The molecule has 4 heterocycles. The second-order valence-corrected chi connectivity index (χ2v) is 8.50. The number of halogens is 2. The van der Waals surface area contributed by atoms with Crippen LogP contribution < -0.4 is 10.1 Å². The first-order valence-corrected chi connectivity index (χ1v) is 11.2. The number of nitriles is 1. The number of carbonyl (C=O) groups is 1. The zero-order valence-electron chi connectivity index (χ0n) is 18.5. The predicted octanol–water partition coefficient (Wildman–Crippen LogP) is 2.14. The molecule has 0 bridgehead atoms. The predicted molar refractivity (Wildman–Crippen MR) is 127 cm³/mol. The third kappa shape index (κ3) is 4.80. The molecule has 1 saturated heterocycles. The quantitative estimate of drug-likeness (QED) is 0.340. The number of aromatic nitrogens is 5. The summed E-state index contributed by atoms with van der Waals surface area (Å²) in [5, 5.41) is 29.2. The first kappa shape index (κ1) is 23.6. The van der Waals surface area contributed by atoms with Gasteiger partial charge in [0.25, 0.3) is 5.91 Å². The molecular formula is C23H18ClFN8O3. The van der Waals surface area contributed by atoms with Gasteiger partial charge in [-0.15, -0.1) is 0 Å². The van der Waals surface area contributed by atoms with Crippen molar-refractivity contribution in [3.63, 3.8) is 0 Å². The van der Waals surface area contributed by atoms with Crippen LogP contribution in [0.4, 0.5) is 10.2 Å². The first-order chi connectivity index (χ1) is 17.4. The number of aliphatic hydroxyl groups is 1. The second kappa shape index (κ2) is 9.82. The summed E-state index contributed by atoms with van der Waals surface area (Å²) in [6, 6.07) is 9.41. The molecule has 0 saturated carbocycles. The van der Waals surface area contributed by atoms with Gasteiger partial charge in [0.1, 0.15) is 17.0 Å². The Balaban J connectivity index is 1.50. The van der Waals surface area contributed by atoms with Crippen LogP contribution in [0.3, 0.4) is 0 Å². The fourth-order valence-electron chi connectivity index (χ4n) is 3.75. The molecule has 0 spiro atoms. The Hall–Kier alpha value is -4.18. The lowest BCUT2D eigenvalue weighted by Gasteiger charge is -2.37. The molecule has 13 heteroatoms. The summed E-state index contributed by atoms with van der Waals surface area (Å²) < 4.78 is 19.3. The van der Waals surface area contributed by atoms with Gasteiger partial charge in [0.2, 0.25) is 5.88 Å². The van der Waals surface area contributed by atoms with Crippen molar-refractivity contribution in [3.05, 3.63) is 59.1 Å². The minimum atomic E-state index is -1.09. The van der Waals surface area contributed by atoms with E-state index >= 15 is 0 Å². The van der Waals surface area contributed by atoms with Gasteiger partial charge in [-0.25, -0.2) is 14.4 Å². The summed E-state index contributed by atoms with van der Waals surface area (Å²) in [5.41, 5.74) is 0.890. The zero-order chi connectivity index (χ0) is 25.2. The summed E-state index contributed by atoms with van der Waals surface area (Å²) in [4.78, 5) is 27.8. The van der Waals surface area contributed by atoms with Crippen molar-refractivity contribution in [1.82, 2.24) is 30.0 Å². The van der Waals surface area contributed by atoms with Crippen LogP contribution in [-0.2, 0) is 4.79 Å². The maximum atomic E-state index is 13.2. The number of ether oxygens (including phenoxy) is 1. The van der Waals surface area contributed by atoms with Gasteiger partial charge in [-0.05, 0) is 24.3 Å². The van der Waals surface area contributed by atoms with Crippen LogP contribution in [0.25, 0.3) is 22.4 Å². The van der Waals surface area contributed by atoms with Gasteiger partial charge >= 0.3 is 0 Å². The Bertz CT molecular complexity index is 1470. The Morgan fingerprint density at radius 1 is 1.33 bits per heavy atom. The van der Waals surface area contributed by atoms with Gasteiger partial charge in [-0.3, -0.25) is 14.8 Å². The van der Waals surface area contributed by atoms with Crippen LogP contribution in [0.15, 0.2) is 42.7 Å². The molecular weight excluding hydrogens is 491 g/mol. The molecule has 36 heavy (non-hydrogen) atoms. The number of hydrogen-bond acceptors (Lipinski definition) is 9. The molecule has 1 atom stereocenters. The van der Waals surface area contributed by atoms with Gasteiger partial charge < -0.3 is 15.2 Å². The van der Waals surface area contributed by atoms with Crippen LogP contribution in [0.5, 0.6) is 5.88 Å². The molecule has 3 aromatic heterocycles. The highest BCUT2D eigenvalue weighted by molar-refractivity contribution is 6.33. The maximum absolute atomic E-state index is 13.2. The first-order valence-electron chi connectivity index (χ1n) is 10.8.